The maximum atomic E-state index is 12.2. The Hall–Kier alpha value is -1.20. The maximum absolute atomic E-state index is 12.2. The minimum atomic E-state index is -0.156. The van der Waals surface area contributed by atoms with Gasteiger partial charge in [0.15, 0.2) is 0 Å². The third kappa shape index (κ3) is 4.76. The molecular formula is C13H20ClN3O2. The molecule has 0 aliphatic rings. The number of carbonyl (C=O) groups is 1. The number of halogens is 1. The molecule has 0 radical (unpaired) electrons. The first-order chi connectivity index (χ1) is 9.12. The Kier molecular flexibility index (Phi) is 6.73. The first-order valence-corrected chi connectivity index (χ1v) is 6.84. The predicted molar refractivity (Wildman–Crippen MR) is 74.6 cm³/mol. The van der Waals surface area contributed by atoms with Crippen LogP contribution in [-0.4, -0.2) is 41.7 Å². The van der Waals surface area contributed by atoms with Gasteiger partial charge in [-0.15, -0.1) is 11.6 Å². The molecule has 0 aliphatic heterocycles. The number of aryl methyl sites for hydroxylation is 2. The van der Waals surface area contributed by atoms with Gasteiger partial charge in [-0.25, -0.2) is 0 Å². The van der Waals surface area contributed by atoms with Crippen molar-refractivity contribution in [3.8, 4) is 0 Å². The summed E-state index contributed by atoms with van der Waals surface area (Å²) in [6.07, 6.45) is 1.35. The van der Waals surface area contributed by atoms with Crippen LogP contribution in [0.5, 0.6) is 0 Å². The summed E-state index contributed by atoms with van der Waals surface area (Å²) in [5.41, 5.74) is 1.99. The lowest BCUT2D eigenvalue weighted by Gasteiger charge is -2.16. The van der Waals surface area contributed by atoms with Gasteiger partial charge in [-0.3, -0.25) is 4.79 Å². The van der Waals surface area contributed by atoms with E-state index in [1.54, 1.807) is 13.2 Å². The average Bonchev–Trinajstić information content (AvgIpc) is 2.43. The number of ether oxygens (including phenoxy) is 1. The maximum Gasteiger partial charge on any atom is 0.253 e. The molecule has 106 valence electrons. The largest absolute Gasteiger partial charge is 0.385 e. The smallest absolute Gasteiger partial charge is 0.253 e. The minimum Gasteiger partial charge on any atom is -0.385 e. The molecule has 0 saturated carbocycles. The molecule has 0 fully saturated rings. The number of aromatic nitrogens is 2. The molecule has 1 unspecified atom stereocenters. The third-order valence-electron chi connectivity index (χ3n) is 2.76. The van der Waals surface area contributed by atoms with Crippen LogP contribution in [0.4, 0.5) is 0 Å². The van der Waals surface area contributed by atoms with Crippen molar-refractivity contribution in [2.24, 2.45) is 0 Å². The van der Waals surface area contributed by atoms with Crippen LogP contribution < -0.4 is 5.32 Å². The molecule has 1 aromatic heterocycles. The van der Waals surface area contributed by atoms with E-state index in [0.717, 1.165) is 5.69 Å². The van der Waals surface area contributed by atoms with Crippen LogP contribution in [0.2, 0.25) is 0 Å². The number of nitrogens with zero attached hydrogens (tertiary/aromatic N) is 2. The van der Waals surface area contributed by atoms with Crippen molar-refractivity contribution in [2.75, 3.05) is 19.6 Å². The topological polar surface area (TPSA) is 64.1 Å². The highest BCUT2D eigenvalue weighted by molar-refractivity contribution is 6.18. The van der Waals surface area contributed by atoms with Crippen LogP contribution in [0, 0.1) is 6.92 Å². The van der Waals surface area contributed by atoms with Crippen LogP contribution in [-0.2, 0) is 11.2 Å². The van der Waals surface area contributed by atoms with Crippen molar-refractivity contribution in [1.29, 1.82) is 0 Å². The fraction of sp³-hybridized carbons (Fsp3) is 0.615. The van der Waals surface area contributed by atoms with E-state index in [0.29, 0.717) is 36.6 Å². The summed E-state index contributed by atoms with van der Waals surface area (Å²) < 4.78 is 4.99. The molecular weight excluding hydrogens is 266 g/mol. The van der Waals surface area contributed by atoms with Crippen LogP contribution >= 0.6 is 11.6 Å². The van der Waals surface area contributed by atoms with Crippen molar-refractivity contribution < 1.29 is 9.53 Å². The summed E-state index contributed by atoms with van der Waals surface area (Å²) in [7, 11) is 1.62. The van der Waals surface area contributed by atoms with E-state index in [9.17, 15) is 4.79 Å². The zero-order valence-corrected chi connectivity index (χ0v) is 12.3. The van der Waals surface area contributed by atoms with E-state index in [1.807, 2.05) is 13.8 Å². The van der Waals surface area contributed by atoms with Crippen LogP contribution in [0.1, 0.15) is 35.1 Å². The van der Waals surface area contributed by atoms with E-state index in [-0.39, 0.29) is 11.9 Å². The Labute approximate surface area is 118 Å². The van der Waals surface area contributed by atoms with Gasteiger partial charge in [-0.05, 0) is 25.8 Å². The first kappa shape index (κ1) is 15.9. The number of alkyl halides is 1. The quantitative estimate of drug-likeness (QED) is 0.775. The van der Waals surface area contributed by atoms with E-state index >= 15 is 0 Å². The van der Waals surface area contributed by atoms with Crippen molar-refractivity contribution in [2.45, 2.75) is 32.7 Å². The molecule has 1 amide bonds. The number of rotatable bonds is 7. The number of hydrogen-bond donors (Lipinski definition) is 1. The SMILES string of the molecule is CCc1nnc(C)cc1C(=O)NC(CCl)CCOC. The average molecular weight is 286 g/mol. The summed E-state index contributed by atoms with van der Waals surface area (Å²) in [5, 5.41) is 10.9. The Morgan fingerprint density at radius 3 is 2.84 bits per heavy atom. The van der Waals surface area contributed by atoms with Crippen molar-refractivity contribution in [1.82, 2.24) is 15.5 Å². The van der Waals surface area contributed by atoms with Gasteiger partial charge in [0.1, 0.15) is 0 Å². The second-order valence-corrected chi connectivity index (χ2v) is 4.61. The summed E-state index contributed by atoms with van der Waals surface area (Å²) >= 11 is 5.84. The number of nitrogens with one attached hydrogen (secondary N) is 1. The van der Waals surface area contributed by atoms with Gasteiger partial charge in [0, 0.05) is 25.6 Å². The highest BCUT2D eigenvalue weighted by Gasteiger charge is 2.16. The normalized spacial score (nSPS) is 12.2. The number of methoxy groups -OCH3 is 1. The second-order valence-electron chi connectivity index (χ2n) is 4.31. The zero-order valence-electron chi connectivity index (χ0n) is 11.6. The first-order valence-electron chi connectivity index (χ1n) is 6.31. The van der Waals surface area contributed by atoms with Gasteiger partial charge in [-0.1, -0.05) is 6.92 Å². The Morgan fingerprint density at radius 2 is 2.26 bits per heavy atom. The molecule has 0 aliphatic carbocycles. The molecule has 6 heteroatoms. The fourth-order valence-electron chi connectivity index (χ4n) is 1.68. The predicted octanol–water partition coefficient (Wildman–Crippen LogP) is 1.72. The molecule has 0 saturated heterocycles. The molecule has 0 bridgehead atoms. The Morgan fingerprint density at radius 1 is 1.53 bits per heavy atom. The van der Waals surface area contributed by atoms with Gasteiger partial charge in [0.2, 0.25) is 0 Å². The molecule has 1 atom stereocenters. The summed E-state index contributed by atoms with van der Waals surface area (Å²) in [5.74, 6) is 0.199. The van der Waals surface area contributed by atoms with Crippen LogP contribution in [0.25, 0.3) is 0 Å². The molecule has 0 aromatic carbocycles. The third-order valence-corrected chi connectivity index (χ3v) is 3.14. The fourth-order valence-corrected chi connectivity index (χ4v) is 1.91. The standard InChI is InChI=1S/C13H20ClN3O2/c1-4-12-11(7-9(2)16-17-12)13(18)15-10(8-14)5-6-19-3/h7,10H,4-6,8H2,1-3H3,(H,15,18). The highest BCUT2D eigenvalue weighted by Crippen LogP contribution is 2.08. The molecule has 0 spiro atoms. The zero-order chi connectivity index (χ0) is 14.3. The van der Waals surface area contributed by atoms with Gasteiger partial charge in [0.25, 0.3) is 5.91 Å². The highest BCUT2D eigenvalue weighted by atomic mass is 35.5. The Bertz CT molecular complexity index is 426. The van der Waals surface area contributed by atoms with Crippen molar-refractivity contribution in [3.63, 3.8) is 0 Å². The summed E-state index contributed by atoms with van der Waals surface area (Å²) in [6, 6.07) is 1.65. The van der Waals surface area contributed by atoms with E-state index < -0.39 is 0 Å². The van der Waals surface area contributed by atoms with E-state index in [4.69, 9.17) is 16.3 Å². The number of amides is 1. The second kappa shape index (κ2) is 8.07. The summed E-state index contributed by atoms with van der Waals surface area (Å²) in [6.45, 7) is 4.32. The monoisotopic (exact) mass is 285 g/mol. The molecule has 1 heterocycles. The molecule has 5 nitrogen and oxygen atoms in total. The van der Waals surface area contributed by atoms with Crippen LogP contribution in [0.3, 0.4) is 0 Å². The van der Waals surface area contributed by atoms with E-state index in [2.05, 4.69) is 15.5 Å². The van der Waals surface area contributed by atoms with E-state index in [1.165, 1.54) is 0 Å². The van der Waals surface area contributed by atoms with Crippen molar-refractivity contribution in [3.05, 3.63) is 23.0 Å². The van der Waals surface area contributed by atoms with Gasteiger partial charge in [0.05, 0.1) is 17.0 Å². The van der Waals surface area contributed by atoms with Gasteiger partial charge in [-0.2, -0.15) is 10.2 Å². The molecule has 1 rings (SSSR count). The Balaban J connectivity index is 2.78. The lowest BCUT2D eigenvalue weighted by molar-refractivity contribution is 0.0928. The lowest BCUT2D eigenvalue weighted by atomic mass is 10.1. The molecule has 19 heavy (non-hydrogen) atoms. The lowest BCUT2D eigenvalue weighted by Crippen LogP contribution is -2.37. The number of hydrogen-bond acceptors (Lipinski definition) is 4. The van der Waals surface area contributed by atoms with Crippen LogP contribution in [0.15, 0.2) is 6.07 Å². The molecule has 1 N–H and O–H groups in total. The number of carbonyl (C=O) groups excluding carboxylic acids is 1. The minimum absolute atomic E-state index is 0.104. The van der Waals surface area contributed by atoms with Gasteiger partial charge >= 0.3 is 0 Å². The van der Waals surface area contributed by atoms with Crippen molar-refractivity contribution >= 4 is 17.5 Å². The summed E-state index contributed by atoms with van der Waals surface area (Å²) in [4.78, 5) is 12.2. The van der Waals surface area contributed by atoms with Gasteiger partial charge < -0.3 is 10.1 Å². The molecule has 1 aromatic rings.